The summed E-state index contributed by atoms with van der Waals surface area (Å²) in [6.45, 7) is 6.28. The summed E-state index contributed by atoms with van der Waals surface area (Å²) in [6.07, 6.45) is 11.2. The number of hydrogen-bond acceptors (Lipinski definition) is 6. The lowest BCUT2D eigenvalue weighted by Gasteiger charge is -2.09. The largest absolute Gasteiger partial charge is 0.494 e. The van der Waals surface area contributed by atoms with Gasteiger partial charge in [-0.2, -0.15) is 0 Å². The van der Waals surface area contributed by atoms with Gasteiger partial charge in [0, 0.05) is 18.0 Å². The maximum atomic E-state index is 12.6. The first-order chi connectivity index (χ1) is 20.5. The van der Waals surface area contributed by atoms with E-state index in [9.17, 15) is 9.59 Å². The van der Waals surface area contributed by atoms with Crippen molar-refractivity contribution >= 4 is 24.1 Å². The summed E-state index contributed by atoms with van der Waals surface area (Å²) in [7, 11) is 0. The van der Waals surface area contributed by atoms with Crippen molar-refractivity contribution in [3.05, 3.63) is 126 Å². The number of carbonyl (C=O) groups is 2. The SMILES string of the molecule is C=C(C)C(=O)OCCCCCCOc1ccc(-c2ccc(OC(=O)c3ccc(/C=C/c4ccncc4)cc3)cc2)cc1. The van der Waals surface area contributed by atoms with E-state index in [4.69, 9.17) is 14.2 Å². The number of hydrogen-bond donors (Lipinski definition) is 0. The molecule has 42 heavy (non-hydrogen) atoms. The predicted octanol–water partition coefficient (Wildman–Crippen LogP) is 8.20. The lowest BCUT2D eigenvalue weighted by molar-refractivity contribution is -0.139. The number of pyridine rings is 1. The monoisotopic (exact) mass is 561 g/mol. The van der Waals surface area contributed by atoms with Gasteiger partial charge in [0.1, 0.15) is 11.5 Å². The summed E-state index contributed by atoms with van der Waals surface area (Å²) >= 11 is 0. The van der Waals surface area contributed by atoms with E-state index >= 15 is 0 Å². The number of esters is 2. The van der Waals surface area contributed by atoms with Crippen LogP contribution in [0.5, 0.6) is 11.5 Å². The highest BCUT2D eigenvalue weighted by atomic mass is 16.5. The van der Waals surface area contributed by atoms with Gasteiger partial charge in [0.05, 0.1) is 18.8 Å². The Bertz CT molecular complexity index is 1480. The molecule has 4 aromatic rings. The molecule has 3 aromatic carbocycles. The average molecular weight is 562 g/mol. The van der Waals surface area contributed by atoms with Gasteiger partial charge in [0.2, 0.25) is 0 Å². The molecular weight excluding hydrogens is 526 g/mol. The molecule has 0 radical (unpaired) electrons. The Labute approximate surface area is 247 Å². The normalized spacial score (nSPS) is 10.8. The van der Waals surface area contributed by atoms with E-state index in [0.29, 0.717) is 30.1 Å². The van der Waals surface area contributed by atoms with Crippen LogP contribution in [0.3, 0.4) is 0 Å². The van der Waals surface area contributed by atoms with E-state index < -0.39 is 5.97 Å². The molecule has 6 nitrogen and oxygen atoms in total. The fourth-order valence-corrected chi connectivity index (χ4v) is 4.06. The predicted molar refractivity (Wildman–Crippen MR) is 166 cm³/mol. The lowest BCUT2D eigenvalue weighted by atomic mass is 10.1. The molecule has 0 N–H and O–H groups in total. The van der Waals surface area contributed by atoms with Crippen molar-refractivity contribution in [3.8, 4) is 22.6 Å². The van der Waals surface area contributed by atoms with Crippen molar-refractivity contribution in [2.45, 2.75) is 32.6 Å². The van der Waals surface area contributed by atoms with Crippen LogP contribution in [0, 0.1) is 0 Å². The van der Waals surface area contributed by atoms with Crippen LogP contribution >= 0.6 is 0 Å². The standard InChI is InChI=1S/C36H35NO5/c1-27(2)35(38)41-26-6-4-3-5-25-40-33-17-13-30(14-18-33)31-15-19-34(20-16-31)42-36(39)32-11-9-28(10-12-32)7-8-29-21-23-37-24-22-29/h7-24H,1,3-6,25-26H2,2H3/b8-7+. The smallest absolute Gasteiger partial charge is 0.343 e. The molecule has 0 aliphatic rings. The van der Waals surface area contributed by atoms with Crippen molar-refractivity contribution < 1.29 is 23.8 Å². The minimum absolute atomic E-state index is 0.329. The zero-order valence-electron chi connectivity index (χ0n) is 23.8. The Hall–Kier alpha value is -4.97. The highest BCUT2D eigenvalue weighted by molar-refractivity contribution is 5.91. The van der Waals surface area contributed by atoms with Crippen LogP contribution in [0.4, 0.5) is 0 Å². The maximum absolute atomic E-state index is 12.6. The highest BCUT2D eigenvalue weighted by Crippen LogP contribution is 2.25. The van der Waals surface area contributed by atoms with Crippen LogP contribution in [0.15, 0.2) is 109 Å². The number of carbonyl (C=O) groups excluding carboxylic acids is 2. The molecule has 0 aliphatic heterocycles. The second-order valence-electron chi connectivity index (χ2n) is 9.85. The van der Waals surface area contributed by atoms with Crippen LogP contribution in [0.2, 0.25) is 0 Å². The Morgan fingerprint density at radius 2 is 1.24 bits per heavy atom. The minimum Gasteiger partial charge on any atom is -0.494 e. The minimum atomic E-state index is -0.403. The van der Waals surface area contributed by atoms with Crippen LogP contribution < -0.4 is 9.47 Å². The Morgan fingerprint density at radius 1 is 0.690 bits per heavy atom. The second kappa shape index (κ2) is 15.7. The molecular formula is C36H35NO5. The van der Waals surface area contributed by atoms with Crippen molar-refractivity contribution in [1.82, 2.24) is 4.98 Å². The summed E-state index contributed by atoms with van der Waals surface area (Å²) in [5.74, 6) is 0.572. The number of unbranched alkanes of at least 4 members (excludes halogenated alkanes) is 3. The van der Waals surface area contributed by atoms with E-state index in [0.717, 1.165) is 53.7 Å². The Balaban J connectivity index is 1.18. The van der Waals surface area contributed by atoms with Crippen molar-refractivity contribution in [2.24, 2.45) is 0 Å². The van der Waals surface area contributed by atoms with E-state index in [2.05, 4.69) is 11.6 Å². The number of aromatic nitrogens is 1. The number of rotatable bonds is 14. The van der Waals surface area contributed by atoms with Gasteiger partial charge >= 0.3 is 11.9 Å². The average Bonchev–Trinajstić information content (AvgIpc) is 3.02. The molecule has 0 atom stereocenters. The molecule has 0 unspecified atom stereocenters. The highest BCUT2D eigenvalue weighted by Gasteiger charge is 2.09. The van der Waals surface area contributed by atoms with Gasteiger partial charge in [-0.25, -0.2) is 9.59 Å². The molecule has 0 saturated heterocycles. The molecule has 0 bridgehead atoms. The third-order valence-corrected chi connectivity index (χ3v) is 6.46. The van der Waals surface area contributed by atoms with Crippen LogP contribution in [-0.2, 0) is 9.53 Å². The van der Waals surface area contributed by atoms with Gasteiger partial charge in [-0.05, 0) is 103 Å². The molecule has 0 amide bonds. The first kappa shape index (κ1) is 30.0. The van der Waals surface area contributed by atoms with Crippen LogP contribution in [0.25, 0.3) is 23.3 Å². The van der Waals surface area contributed by atoms with Gasteiger partial charge in [0.25, 0.3) is 0 Å². The summed E-state index contributed by atoms with van der Waals surface area (Å²) < 4.78 is 16.5. The molecule has 0 saturated carbocycles. The maximum Gasteiger partial charge on any atom is 0.343 e. The van der Waals surface area contributed by atoms with Crippen LogP contribution in [0.1, 0.15) is 54.1 Å². The van der Waals surface area contributed by atoms with E-state index in [1.165, 1.54) is 0 Å². The molecule has 0 spiro atoms. The molecule has 6 heteroatoms. The topological polar surface area (TPSA) is 74.7 Å². The van der Waals surface area contributed by atoms with Gasteiger partial charge in [-0.1, -0.05) is 55.1 Å². The van der Waals surface area contributed by atoms with E-state index in [-0.39, 0.29) is 5.97 Å². The summed E-state index contributed by atoms with van der Waals surface area (Å²) in [5.41, 5.74) is 5.01. The van der Waals surface area contributed by atoms with Gasteiger partial charge in [-0.15, -0.1) is 0 Å². The van der Waals surface area contributed by atoms with E-state index in [1.807, 2.05) is 72.8 Å². The van der Waals surface area contributed by atoms with Gasteiger partial charge < -0.3 is 14.2 Å². The molecule has 0 fully saturated rings. The second-order valence-corrected chi connectivity index (χ2v) is 9.85. The molecule has 0 aliphatic carbocycles. The summed E-state index contributed by atoms with van der Waals surface area (Å²) in [5, 5.41) is 0. The number of nitrogens with zero attached hydrogens (tertiary/aromatic N) is 1. The molecule has 214 valence electrons. The number of benzene rings is 3. The number of ether oxygens (including phenoxy) is 3. The van der Waals surface area contributed by atoms with Crippen molar-refractivity contribution in [2.75, 3.05) is 13.2 Å². The van der Waals surface area contributed by atoms with E-state index in [1.54, 1.807) is 43.6 Å². The zero-order valence-corrected chi connectivity index (χ0v) is 23.8. The summed E-state index contributed by atoms with van der Waals surface area (Å²) in [6, 6.07) is 26.5. The quantitative estimate of drug-likeness (QED) is 0.0669. The zero-order chi connectivity index (χ0) is 29.6. The lowest BCUT2D eigenvalue weighted by Crippen LogP contribution is -2.08. The van der Waals surface area contributed by atoms with Gasteiger partial charge in [-0.3, -0.25) is 4.98 Å². The molecule has 1 heterocycles. The van der Waals surface area contributed by atoms with Crippen molar-refractivity contribution in [3.63, 3.8) is 0 Å². The first-order valence-corrected chi connectivity index (χ1v) is 14.0. The molecule has 1 aromatic heterocycles. The third kappa shape index (κ3) is 9.59. The molecule has 4 rings (SSSR count). The Kier molecular flexibility index (Phi) is 11.2. The fraction of sp³-hybridized carbons (Fsp3) is 0.194. The van der Waals surface area contributed by atoms with Crippen molar-refractivity contribution in [1.29, 1.82) is 0 Å². The first-order valence-electron chi connectivity index (χ1n) is 14.0. The third-order valence-electron chi connectivity index (χ3n) is 6.46. The van der Waals surface area contributed by atoms with Gasteiger partial charge in [0.15, 0.2) is 0 Å². The van der Waals surface area contributed by atoms with Crippen LogP contribution in [-0.4, -0.2) is 30.1 Å². The fourth-order valence-electron chi connectivity index (χ4n) is 4.06. The Morgan fingerprint density at radius 3 is 1.83 bits per heavy atom. The summed E-state index contributed by atoms with van der Waals surface area (Å²) in [4.78, 5) is 28.0.